The average molecular weight is 482 g/mol. The minimum absolute atomic E-state index is 0.0529. The summed E-state index contributed by atoms with van der Waals surface area (Å²) in [6, 6.07) is 19.7. The number of carbonyl (C=O) groups excluding carboxylic acids is 3. The topological polar surface area (TPSA) is 87.7 Å². The van der Waals surface area contributed by atoms with Gasteiger partial charge in [0.25, 0.3) is 17.7 Å². The lowest BCUT2D eigenvalue weighted by Crippen LogP contribution is -2.32. The van der Waals surface area contributed by atoms with E-state index in [0.717, 1.165) is 4.90 Å². The number of halogens is 2. The highest BCUT2D eigenvalue weighted by Crippen LogP contribution is 2.31. The van der Waals surface area contributed by atoms with Crippen molar-refractivity contribution < 1.29 is 19.1 Å². The molecule has 0 saturated carbocycles. The number of rotatable bonds is 6. The van der Waals surface area contributed by atoms with Crippen LogP contribution in [0.4, 0.5) is 17.1 Å². The third-order valence-corrected chi connectivity index (χ3v) is 5.49. The second kappa shape index (κ2) is 9.36. The minimum atomic E-state index is -0.640. The van der Waals surface area contributed by atoms with Crippen LogP contribution in [0.15, 0.2) is 83.5 Å². The number of hydrogen-bond acceptors (Lipinski definition) is 5. The summed E-state index contributed by atoms with van der Waals surface area (Å²) in [5.74, 6) is -1.02. The zero-order chi connectivity index (χ0) is 23.5. The monoisotopic (exact) mass is 481 g/mol. The Labute approximate surface area is 199 Å². The lowest BCUT2D eigenvalue weighted by atomic mass is 10.1. The molecule has 0 saturated heterocycles. The molecule has 1 aliphatic heterocycles. The molecule has 33 heavy (non-hydrogen) atoms. The fourth-order valence-corrected chi connectivity index (χ4v) is 3.57. The van der Waals surface area contributed by atoms with Gasteiger partial charge in [0, 0.05) is 16.3 Å². The fourth-order valence-electron chi connectivity index (χ4n) is 3.23. The third kappa shape index (κ3) is 4.55. The van der Waals surface area contributed by atoms with Crippen molar-refractivity contribution in [3.63, 3.8) is 0 Å². The Bertz CT molecular complexity index is 1270. The number of benzene rings is 3. The molecule has 7 nitrogen and oxygen atoms in total. The van der Waals surface area contributed by atoms with Gasteiger partial charge < -0.3 is 15.4 Å². The van der Waals surface area contributed by atoms with E-state index < -0.39 is 11.8 Å². The molecular formula is C24H17Cl2N3O4. The number of para-hydroxylation sites is 2. The van der Waals surface area contributed by atoms with Crippen molar-refractivity contribution in [3.05, 3.63) is 94.1 Å². The number of nitrogens with zero attached hydrogens (tertiary/aromatic N) is 1. The van der Waals surface area contributed by atoms with Gasteiger partial charge in [0.1, 0.15) is 16.5 Å². The van der Waals surface area contributed by atoms with Crippen LogP contribution < -0.4 is 20.3 Å². The molecule has 2 N–H and O–H groups in total. The molecule has 3 aromatic carbocycles. The van der Waals surface area contributed by atoms with Gasteiger partial charge in [-0.3, -0.25) is 14.4 Å². The molecular weight excluding hydrogens is 465 g/mol. The van der Waals surface area contributed by atoms with Gasteiger partial charge in [-0.15, -0.1) is 0 Å². The Morgan fingerprint density at radius 1 is 0.879 bits per heavy atom. The van der Waals surface area contributed by atoms with Crippen molar-refractivity contribution in [2.24, 2.45) is 0 Å². The van der Waals surface area contributed by atoms with E-state index in [0.29, 0.717) is 33.4 Å². The number of anilines is 3. The van der Waals surface area contributed by atoms with E-state index in [-0.39, 0.29) is 16.6 Å². The first-order chi connectivity index (χ1) is 15.9. The van der Waals surface area contributed by atoms with E-state index in [1.165, 1.54) is 7.11 Å². The zero-order valence-electron chi connectivity index (χ0n) is 17.3. The summed E-state index contributed by atoms with van der Waals surface area (Å²) in [7, 11) is 1.52. The highest BCUT2D eigenvalue weighted by molar-refractivity contribution is 6.53. The van der Waals surface area contributed by atoms with Crippen molar-refractivity contribution >= 4 is 58.0 Å². The number of amides is 3. The smallest absolute Gasteiger partial charge is 0.283 e. The van der Waals surface area contributed by atoms with E-state index >= 15 is 0 Å². The molecule has 0 radical (unpaired) electrons. The molecule has 3 aromatic rings. The summed E-state index contributed by atoms with van der Waals surface area (Å²) in [5.41, 5.74) is 1.72. The SMILES string of the molecule is COc1ccccc1NC(=O)c1ccc(NC2=C(Cl)C(=O)N(c3ccc(Cl)cc3)C2=O)cc1. The highest BCUT2D eigenvalue weighted by Gasteiger charge is 2.38. The molecule has 0 unspecified atom stereocenters. The molecule has 0 fully saturated rings. The standard InChI is InChI=1S/C24H17Cl2N3O4/c1-33-19-5-3-2-4-18(19)28-22(30)14-6-10-16(11-7-14)27-21-20(26)23(31)29(24(21)32)17-12-8-15(25)9-13-17/h2-13,27H,1H3,(H,28,30). The van der Waals surface area contributed by atoms with Crippen LogP contribution in [0.25, 0.3) is 0 Å². The molecule has 0 aromatic heterocycles. The van der Waals surface area contributed by atoms with Crippen LogP contribution in [0.2, 0.25) is 5.02 Å². The van der Waals surface area contributed by atoms with Gasteiger partial charge in [-0.2, -0.15) is 0 Å². The van der Waals surface area contributed by atoms with E-state index in [9.17, 15) is 14.4 Å². The summed E-state index contributed by atoms with van der Waals surface area (Å²) in [5, 5.41) is 5.91. The number of methoxy groups -OCH3 is 1. The van der Waals surface area contributed by atoms with Gasteiger partial charge in [0.15, 0.2) is 0 Å². The fraction of sp³-hybridized carbons (Fsp3) is 0.0417. The van der Waals surface area contributed by atoms with Crippen molar-refractivity contribution in [3.8, 4) is 5.75 Å². The second-order valence-corrected chi connectivity index (χ2v) is 7.78. The molecule has 0 bridgehead atoms. The summed E-state index contributed by atoms with van der Waals surface area (Å²) < 4.78 is 5.24. The van der Waals surface area contributed by atoms with Gasteiger partial charge in [-0.1, -0.05) is 35.3 Å². The van der Waals surface area contributed by atoms with Crippen LogP contribution >= 0.6 is 23.2 Å². The maximum absolute atomic E-state index is 12.8. The molecule has 0 atom stereocenters. The summed E-state index contributed by atoms with van der Waals surface area (Å²) in [4.78, 5) is 38.9. The van der Waals surface area contributed by atoms with Crippen LogP contribution in [-0.4, -0.2) is 24.8 Å². The number of carbonyl (C=O) groups is 3. The van der Waals surface area contributed by atoms with Crippen LogP contribution in [0, 0.1) is 0 Å². The first-order valence-electron chi connectivity index (χ1n) is 9.74. The predicted molar refractivity (Wildman–Crippen MR) is 128 cm³/mol. The van der Waals surface area contributed by atoms with Gasteiger partial charge in [0.2, 0.25) is 0 Å². The normalized spacial score (nSPS) is 13.4. The number of imide groups is 1. The second-order valence-electron chi connectivity index (χ2n) is 6.97. The lowest BCUT2D eigenvalue weighted by molar-refractivity contribution is -0.120. The number of ether oxygens (including phenoxy) is 1. The summed E-state index contributed by atoms with van der Waals surface area (Å²) in [6.07, 6.45) is 0. The Kier molecular flexibility index (Phi) is 6.35. The number of hydrogen-bond donors (Lipinski definition) is 2. The molecule has 0 aliphatic carbocycles. The van der Waals surface area contributed by atoms with Crippen LogP contribution in [-0.2, 0) is 9.59 Å². The quantitative estimate of drug-likeness (QED) is 0.481. The van der Waals surface area contributed by atoms with Crippen molar-refractivity contribution in [2.45, 2.75) is 0 Å². The Hall–Kier alpha value is -3.81. The molecule has 1 aliphatic rings. The maximum Gasteiger partial charge on any atom is 0.283 e. The van der Waals surface area contributed by atoms with Gasteiger partial charge in [0.05, 0.1) is 18.5 Å². The summed E-state index contributed by atoms with van der Waals surface area (Å²) in [6.45, 7) is 0. The molecule has 0 spiro atoms. The van der Waals surface area contributed by atoms with E-state index in [4.69, 9.17) is 27.9 Å². The molecule has 4 rings (SSSR count). The first kappa shape index (κ1) is 22.4. The van der Waals surface area contributed by atoms with Gasteiger partial charge >= 0.3 is 0 Å². The molecule has 9 heteroatoms. The Morgan fingerprint density at radius 3 is 2.21 bits per heavy atom. The van der Waals surface area contributed by atoms with Crippen molar-refractivity contribution in [1.29, 1.82) is 0 Å². The van der Waals surface area contributed by atoms with E-state index in [1.54, 1.807) is 72.8 Å². The van der Waals surface area contributed by atoms with Gasteiger partial charge in [-0.25, -0.2) is 4.90 Å². The van der Waals surface area contributed by atoms with Crippen LogP contribution in [0.1, 0.15) is 10.4 Å². The first-order valence-corrected chi connectivity index (χ1v) is 10.5. The predicted octanol–water partition coefficient (Wildman–Crippen LogP) is 5.04. The van der Waals surface area contributed by atoms with Gasteiger partial charge in [-0.05, 0) is 60.7 Å². The van der Waals surface area contributed by atoms with E-state index in [2.05, 4.69) is 10.6 Å². The van der Waals surface area contributed by atoms with Crippen LogP contribution in [0.5, 0.6) is 5.75 Å². The molecule has 166 valence electrons. The Balaban J connectivity index is 1.48. The van der Waals surface area contributed by atoms with Crippen LogP contribution in [0.3, 0.4) is 0 Å². The highest BCUT2D eigenvalue weighted by atomic mass is 35.5. The zero-order valence-corrected chi connectivity index (χ0v) is 18.8. The minimum Gasteiger partial charge on any atom is -0.495 e. The molecule has 3 amide bonds. The summed E-state index contributed by atoms with van der Waals surface area (Å²) >= 11 is 12.0. The molecule has 1 heterocycles. The van der Waals surface area contributed by atoms with Crippen molar-refractivity contribution in [2.75, 3.05) is 22.6 Å². The maximum atomic E-state index is 12.8. The van der Waals surface area contributed by atoms with Crippen molar-refractivity contribution in [1.82, 2.24) is 0 Å². The third-order valence-electron chi connectivity index (χ3n) is 4.88. The largest absolute Gasteiger partial charge is 0.495 e. The van der Waals surface area contributed by atoms with E-state index in [1.807, 2.05) is 0 Å². The number of nitrogens with one attached hydrogen (secondary N) is 2. The Morgan fingerprint density at radius 2 is 1.55 bits per heavy atom. The average Bonchev–Trinajstić information content (AvgIpc) is 3.03. The lowest BCUT2D eigenvalue weighted by Gasteiger charge is -2.15.